The van der Waals surface area contributed by atoms with Crippen LogP contribution in [0.2, 0.25) is 0 Å². The summed E-state index contributed by atoms with van der Waals surface area (Å²) in [5.41, 5.74) is 4.02. The predicted molar refractivity (Wildman–Crippen MR) is 108 cm³/mol. The minimum Gasteiger partial charge on any atom is -0.449 e. The van der Waals surface area contributed by atoms with Crippen molar-refractivity contribution in [2.45, 2.75) is 11.0 Å². The number of benzene rings is 3. The monoisotopic (exact) mass is 409 g/mol. The van der Waals surface area contributed by atoms with Gasteiger partial charge in [-0.15, -0.1) is 0 Å². The van der Waals surface area contributed by atoms with Crippen LogP contribution >= 0.6 is 0 Å². The number of sulfonamides is 1. The Hall–Kier alpha value is -3.00. The molecule has 0 radical (unpaired) electrons. The van der Waals surface area contributed by atoms with E-state index in [2.05, 4.69) is 0 Å². The molecule has 0 aromatic heterocycles. The van der Waals surface area contributed by atoms with Crippen molar-refractivity contribution in [2.75, 3.05) is 14.2 Å². The molecule has 1 aliphatic rings. The average Bonchev–Trinajstić information content (AvgIpc) is 3.07. The highest BCUT2D eigenvalue weighted by molar-refractivity contribution is 7.89. The first kappa shape index (κ1) is 19.3. The molecule has 29 heavy (non-hydrogen) atoms. The number of ether oxygens (including phenoxy) is 1. The van der Waals surface area contributed by atoms with Gasteiger partial charge in [-0.25, -0.2) is 13.2 Å². The van der Waals surface area contributed by atoms with Crippen LogP contribution in [-0.2, 0) is 19.6 Å². The van der Waals surface area contributed by atoms with Crippen molar-refractivity contribution in [3.8, 4) is 11.1 Å². The standard InChI is InChI=1S/C22H19NO5S/c1-23(27-2)29(25,26)16-9-7-8-15(14-16)22(24)28-21-19-12-5-3-10-17(19)18-11-4-6-13-20(18)21/h3-14,21H,1-2H3. The van der Waals surface area contributed by atoms with E-state index in [0.717, 1.165) is 26.7 Å². The number of hydroxylamine groups is 1. The molecule has 0 aliphatic heterocycles. The zero-order valence-electron chi connectivity index (χ0n) is 15.9. The van der Waals surface area contributed by atoms with E-state index in [1.54, 1.807) is 0 Å². The Morgan fingerprint density at radius 2 is 1.48 bits per heavy atom. The van der Waals surface area contributed by atoms with E-state index < -0.39 is 22.1 Å². The van der Waals surface area contributed by atoms with Gasteiger partial charge in [-0.05, 0) is 29.3 Å². The minimum absolute atomic E-state index is 0.0523. The lowest BCUT2D eigenvalue weighted by atomic mass is 10.1. The summed E-state index contributed by atoms with van der Waals surface area (Å²) in [4.78, 5) is 17.6. The summed E-state index contributed by atoms with van der Waals surface area (Å²) in [7, 11) is -1.33. The fraction of sp³-hybridized carbons (Fsp3) is 0.136. The van der Waals surface area contributed by atoms with E-state index in [1.165, 1.54) is 38.4 Å². The lowest BCUT2D eigenvalue weighted by Gasteiger charge is -2.16. The third-order valence-corrected chi connectivity index (χ3v) is 6.64. The van der Waals surface area contributed by atoms with Gasteiger partial charge in [0.2, 0.25) is 0 Å². The number of carbonyl (C=O) groups excluding carboxylic acids is 1. The molecule has 0 atom stereocenters. The zero-order chi connectivity index (χ0) is 20.6. The van der Waals surface area contributed by atoms with Crippen LogP contribution in [0.1, 0.15) is 27.6 Å². The SMILES string of the molecule is CON(C)S(=O)(=O)c1cccc(C(=O)OC2c3ccccc3-c3ccccc32)c1. The summed E-state index contributed by atoms with van der Waals surface area (Å²) < 4.78 is 31.5. The Bertz CT molecular complexity index is 1140. The largest absolute Gasteiger partial charge is 0.449 e. The van der Waals surface area contributed by atoms with Crippen LogP contribution in [-0.4, -0.2) is 33.0 Å². The summed E-state index contributed by atoms with van der Waals surface area (Å²) >= 11 is 0. The third-order valence-electron chi connectivity index (χ3n) is 4.96. The van der Waals surface area contributed by atoms with Crippen molar-refractivity contribution in [3.05, 3.63) is 89.5 Å². The Morgan fingerprint density at radius 3 is 2.07 bits per heavy atom. The molecule has 0 fully saturated rings. The fourth-order valence-electron chi connectivity index (χ4n) is 3.44. The third kappa shape index (κ3) is 3.33. The lowest BCUT2D eigenvalue weighted by molar-refractivity contribution is -0.0258. The van der Waals surface area contributed by atoms with Gasteiger partial charge in [0.1, 0.15) is 0 Å². The van der Waals surface area contributed by atoms with Crippen LogP contribution in [0.5, 0.6) is 0 Å². The van der Waals surface area contributed by atoms with E-state index in [9.17, 15) is 13.2 Å². The first-order valence-corrected chi connectivity index (χ1v) is 10.4. The second kappa shape index (κ2) is 7.44. The number of hydrogen-bond acceptors (Lipinski definition) is 5. The highest BCUT2D eigenvalue weighted by Crippen LogP contribution is 2.45. The molecule has 148 valence electrons. The topological polar surface area (TPSA) is 72.9 Å². The molecule has 0 saturated carbocycles. The molecule has 0 bridgehead atoms. The van der Waals surface area contributed by atoms with Gasteiger partial charge < -0.3 is 4.74 Å². The fourth-order valence-corrected chi connectivity index (χ4v) is 4.46. The molecule has 0 N–H and O–H groups in total. The van der Waals surface area contributed by atoms with Crippen molar-refractivity contribution in [1.29, 1.82) is 0 Å². The summed E-state index contributed by atoms with van der Waals surface area (Å²) in [6.45, 7) is 0. The minimum atomic E-state index is -3.87. The van der Waals surface area contributed by atoms with Crippen LogP contribution in [0.3, 0.4) is 0 Å². The maximum atomic E-state index is 12.9. The highest BCUT2D eigenvalue weighted by Gasteiger charge is 2.31. The van der Waals surface area contributed by atoms with Crippen LogP contribution in [0, 0.1) is 0 Å². The van der Waals surface area contributed by atoms with Crippen LogP contribution in [0.4, 0.5) is 0 Å². The van der Waals surface area contributed by atoms with Crippen LogP contribution in [0.15, 0.2) is 77.7 Å². The van der Waals surface area contributed by atoms with Gasteiger partial charge in [-0.1, -0.05) is 59.1 Å². The molecular formula is C22H19NO5S. The molecular weight excluding hydrogens is 390 g/mol. The smallest absolute Gasteiger partial charge is 0.339 e. The Kier molecular flexibility index (Phi) is 4.96. The van der Waals surface area contributed by atoms with Gasteiger partial charge in [0.05, 0.1) is 17.6 Å². The van der Waals surface area contributed by atoms with E-state index in [4.69, 9.17) is 9.57 Å². The van der Waals surface area contributed by atoms with Crippen molar-refractivity contribution in [1.82, 2.24) is 4.47 Å². The van der Waals surface area contributed by atoms with Crippen molar-refractivity contribution in [3.63, 3.8) is 0 Å². The number of nitrogens with zero attached hydrogens (tertiary/aromatic N) is 1. The molecule has 0 heterocycles. The maximum Gasteiger partial charge on any atom is 0.339 e. The Labute approximate surface area is 169 Å². The number of fused-ring (bicyclic) bond motifs is 3. The van der Waals surface area contributed by atoms with Crippen LogP contribution < -0.4 is 0 Å². The lowest BCUT2D eigenvalue weighted by Crippen LogP contribution is -2.26. The van der Waals surface area contributed by atoms with Crippen molar-refractivity contribution in [2.24, 2.45) is 0 Å². The molecule has 6 nitrogen and oxygen atoms in total. The molecule has 4 rings (SSSR count). The molecule has 3 aromatic carbocycles. The van der Waals surface area contributed by atoms with E-state index >= 15 is 0 Å². The van der Waals surface area contributed by atoms with Gasteiger partial charge in [0.25, 0.3) is 10.0 Å². The number of hydrogen-bond donors (Lipinski definition) is 0. The molecule has 0 spiro atoms. The average molecular weight is 409 g/mol. The van der Waals surface area contributed by atoms with Gasteiger partial charge in [0, 0.05) is 18.2 Å². The van der Waals surface area contributed by atoms with E-state index in [0.29, 0.717) is 0 Å². The van der Waals surface area contributed by atoms with Gasteiger partial charge in [0.15, 0.2) is 6.10 Å². The Morgan fingerprint density at radius 1 is 0.897 bits per heavy atom. The normalized spacial score (nSPS) is 13.2. The predicted octanol–water partition coefficient (Wildman–Crippen LogP) is 3.80. The number of esters is 1. The maximum absolute atomic E-state index is 12.9. The molecule has 0 saturated heterocycles. The summed E-state index contributed by atoms with van der Waals surface area (Å²) in [6, 6.07) is 21.3. The van der Waals surface area contributed by atoms with E-state index in [1.807, 2.05) is 48.5 Å². The highest BCUT2D eigenvalue weighted by atomic mass is 32.2. The van der Waals surface area contributed by atoms with Crippen LogP contribution in [0.25, 0.3) is 11.1 Å². The van der Waals surface area contributed by atoms with Crippen molar-refractivity contribution < 1.29 is 22.8 Å². The molecule has 0 unspecified atom stereocenters. The quantitative estimate of drug-likeness (QED) is 0.473. The second-order valence-corrected chi connectivity index (χ2v) is 8.52. The molecule has 0 amide bonds. The number of carbonyl (C=O) groups is 1. The Balaban J connectivity index is 1.67. The molecule has 7 heteroatoms. The first-order valence-electron chi connectivity index (χ1n) is 8.96. The van der Waals surface area contributed by atoms with Gasteiger partial charge >= 0.3 is 5.97 Å². The molecule has 1 aliphatic carbocycles. The summed E-state index contributed by atoms with van der Waals surface area (Å²) in [6.07, 6.45) is -0.545. The summed E-state index contributed by atoms with van der Waals surface area (Å²) in [5.74, 6) is -0.598. The first-order chi connectivity index (χ1) is 13.9. The summed E-state index contributed by atoms with van der Waals surface area (Å²) in [5, 5.41) is 0. The van der Waals surface area contributed by atoms with E-state index in [-0.39, 0.29) is 10.5 Å². The van der Waals surface area contributed by atoms with Crippen molar-refractivity contribution >= 4 is 16.0 Å². The zero-order valence-corrected chi connectivity index (χ0v) is 16.7. The van der Waals surface area contributed by atoms with Gasteiger partial charge in [-0.3, -0.25) is 4.84 Å². The second-order valence-electron chi connectivity index (χ2n) is 6.59. The van der Waals surface area contributed by atoms with Gasteiger partial charge in [-0.2, -0.15) is 0 Å². The number of rotatable bonds is 5. The molecule has 3 aromatic rings.